The molecule has 0 amide bonds. The minimum Gasteiger partial charge on any atom is -0.374 e. The molecule has 5 fully saturated rings. The van der Waals surface area contributed by atoms with Crippen LogP contribution in [0.1, 0.15) is 19.3 Å². The summed E-state index contributed by atoms with van der Waals surface area (Å²) in [4.78, 5) is 0. The Bertz CT molecular complexity index is 244. The molecule has 0 N–H and O–H groups in total. The first-order valence-electron chi connectivity index (χ1n) is 5.59. The van der Waals surface area contributed by atoms with Gasteiger partial charge in [-0.25, -0.2) is 0 Å². The van der Waals surface area contributed by atoms with E-state index in [2.05, 4.69) is 0 Å². The van der Waals surface area contributed by atoms with Crippen LogP contribution in [0, 0.1) is 35.5 Å². The molecule has 0 aromatic rings. The van der Waals surface area contributed by atoms with Gasteiger partial charge in [0.2, 0.25) is 0 Å². The zero-order chi connectivity index (χ0) is 7.45. The Kier molecular flexibility index (Phi) is 0.654. The molecular weight excluding hydrogens is 148 g/mol. The molecular formula is C11H14O. The fourth-order valence-corrected chi connectivity index (χ4v) is 5.87. The number of hydrogen-bond donors (Lipinski definition) is 0. The predicted molar refractivity (Wildman–Crippen MR) is 43.5 cm³/mol. The molecule has 4 saturated carbocycles. The molecule has 0 aromatic heterocycles. The summed E-state index contributed by atoms with van der Waals surface area (Å²) in [5.41, 5.74) is 0. The van der Waals surface area contributed by atoms with Gasteiger partial charge in [-0.1, -0.05) is 0 Å². The molecule has 1 aliphatic heterocycles. The minimum atomic E-state index is 0.729. The maximum atomic E-state index is 6.13. The summed E-state index contributed by atoms with van der Waals surface area (Å²) in [5.74, 6) is 6.58. The molecule has 0 aromatic carbocycles. The normalized spacial score (nSPS) is 80.0. The Morgan fingerprint density at radius 2 is 1.25 bits per heavy atom. The Labute approximate surface area is 72.5 Å². The van der Waals surface area contributed by atoms with Gasteiger partial charge in [0.25, 0.3) is 0 Å². The quantitative estimate of drug-likeness (QED) is 0.526. The molecule has 1 nitrogen and oxygen atoms in total. The van der Waals surface area contributed by atoms with Crippen LogP contribution in [0.4, 0.5) is 0 Å². The van der Waals surface area contributed by atoms with Gasteiger partial charge in [-0.3, -0.25) is 0 Å². The summed E-state index contributed by atoms with van der Waals surface area (Å²) >= 11 is 0. The van der Waals surface area contributed by atoms with E-state index in [-0.39, 0.29) is 0 Å². The van der Waals surface area contributed by atoms with E-state index in [0.717, 1.165) is 47.7 Å². The van der Waals surface area contributed by atoms with Crippen molar-refractivity contribution in [2.75, 3.05) is 0 Å². The molecule has 0 spiro atoms. The summed E-state index contributed by atoms with van der Waals surface area (Å²) in [6, 6.07) is 0. The van der Waals surface area contributed by atoms with Crippen molar-refractivity contribution < 1.29 is 4.74 Å². The van der Waals surface area contributed by atoms with Gasteiger partial charge in [0, 0.05) is 0 Å². The number of rotatable bonds is 0. The molecule has 5 rings (SSSR count). The van der Waals surface area contributed by atoms with Crippen LogP contribution in [0.2, 0.25) is 0 Å². The number of ether oxygens (including phenoxy) is 1. The second-order valence-corrected chi connectivity index (χ2v) is 5.73. The lowest BCUT2D eigenvalue weighted by atomic mass is 9.80. The van der Waals surface area contributed by atoms with E-state index in [1.807, 2.05) is 0 Å². The highest BCUT2D eigenvalue weighted by Gasteiger charge is 2.73. The van der Waals surface area contributed by atoms with Crippen molar-refractivity contribution in [2.45, 2.75) is 31.5 Å². The predicted octanol–water partition coefficient (Wildman–Crippen LogP) is 1.68. The molecule has 1 saturated heterocycles. The molecule has 1 heteroatoms. The molecule has 12 heavy (non-hydrogen) atoms. The number of fused-ring (bicyclic) bond motifs is 1. The van der Waals surface area contributed by atoms with Crippen LogP contribution >= 0.6 is 0 Å². The maximum absolute atomic E-state index is 6.13. The third-order valence-electron chi connectivity index (χ3n) is 5.84. The molecule has 1 heterocycles. The second kappa shape index (κ2) is 1.39. The third kappa shape index (κ3) is 0.348. The Hall–Kier alpha value is -0.0400. The van der Waals surface area contributed by atoms with E-state index in [4.69, 9.17) is 4.74 Å². The smallest absolute Gasteiger partial charge is 0.0616 e. The molecule has 8 atom stereocenters. The topological polar surface area (TPSA) is 9.23 Å². The first-order chi connectivity index (χ1) is 5.93. The molecule has 2 bridgehead atoms. The lowest BCUT2D eigenvalue weighted by molar-refractivity contribution is 0.0392. The first kappa shape index (κ1) is 5.64. The number of hydrogen-bond acceptors (Lipinski definition) is 1. The van der Waals surface area contributed by atoms with E-state index >= 15 is 0 Å². The lowest BCUT2D eigenvalue weighted by Crippen LogP contribution is -2.22. The second-order valence-electron chi connectivity index (χ2n) is 5.73. The summed E-state index contributed by atoms with van der Waals surface area (Å²) in [6.45, 7) is 0. The molecule has 5 aliphatic rings. The van der Waals surface area contributed by atoms with Crippen molar-refractivity contribution in [3.8, 4) is 0 Å². The van der Waals surface area contributed by atoms with Crippen LogP contribution in [0.15, 0.2) is 0 Å². The van der Waals surface area contributed by atoms with E-state index < -0.39 is 0 Å². The van der Waals surface area contributed by atoms with E-state index in [1.54, 1.807) is 6.42 Å². The maximum Gasteiger partial charge on any atom is 0.0616 e. The van der Waals surface area contributed by atoms with Gasteiger partial charge in [0.15, 0.2) is 0 Å². The van der Waals surface area contributed by atoms with Gasteiger partial charge >= 0.3 is 0 Å². The average Bonchev–Trinajstić information content (AvgIpc) is 2.57. The summed E-state index contributed by atoms with van der Waals surface area (Å²) in [5, 5.41) is 0. The Balaban J connectivity index is 1.87. The molecule has 0 unspecified atom stereocenters. The Morgan fingerprint density at radius 3 is 1.83 bits per heavy atom. The van der Waals surface area contributed by atoms with Crippen molar-refractivity contribution in [1.82, 2.24) is 0 Å². The van der Waals surface area contributed by atoms with Crippen molar-refractivity contribution in [1.29, 1.82) is 0 Å². The van der Waals surface area contributed by atoms with Gasteiger partial charge in [-0.15, -0.1) is 0 Å². The summed E-state index contributed by atoms with van der Waals surface area (Å²) in [6.07, 6.45) is 5.95. The molecule has 64 valence electrons. The monoisotopic (exact) mass is 162 g/mol. The fraction of sp³-hybridized carbons (Fsp3) is 1.00. The van der Waals surface area contributed by atoms with Crippen molar-refractivity contribution >= 4 is 0 Å². The summed E-state index contributed by atoms with van der Waals surface area (Å²) < 4.78 is 6.13. The van der Waals surface area contributed by atoms with Crippen LogP contribution in [0.5, 0.6) is 0 Å². The standard InChI is InChI=1S/C11H14O/c1-6-4-2-8-10(6)11-7(1)5(4)3-9(11)12-8/h4-11H,1-3H2/t4-,5-,6+,7+,8-,9+,10-,11+/m1/s1. The molecule has 4 aliphatic carbocycles. The highest BCUT2D eigenvalue weighted by atomic mass is 16.5. The first-order valence-corrected chi connectivity index (χ1v) is 5.59. The van der Waals surface area contributed by atoms with E-state index in [1.165, 1.54) is 12.8 Å². The van der Waals surface area contributed by atoms with Gasteiger partial charge in [0.05, 0.1) is 12.2 Å². The van der Waals surface area contributed by atoms with Gasteiger partial charge in [-0.2, -0.15) is 0 Å². The third-order valence-corrected chi connectivity index (χ3v) is 5.84. The zero-order valence-corrected chi connectivity index (χ0v) is 7.15. The van der Waals surface area contributed by atoms with E-state index in [9.17, 15) is 0 Å². The van der Waals surface area contributed by atoms with E-state index in [0.29, 0.717) is 0 Å². The van der Waals surface area contributed by atoms with Crippen LogP contribution in [-0.2, 0) is 4.74 Å². The van der Waals surface area contributed by atoms with Gasteiger partial charge in [0.1, 0.15) is 0 Å². The van der Waals surface area contributed by atoms with Crippen molar-refractivity contribution in [3.63, 3.8) is 0 Å². The average molecular weight is 162 g/mol. The van der Waals surface area contributed by atoms with Crippen LogP contribution in [-0.4, -0.2) is 12.2 Å². The van der Waals surface area contributed by atoms with Crippen LogP contribution < -0.4 is 0 Å². The van der Waals surface area contributed by atoms with Gasteiger partial charge < -0.3 is 4.74 Å². The highest BCUT2D eigenvalue weighted by molar-refractivity contribution is 5.20. The molecule has 0 radical (unpaired) electrons. The van der Waals surface area contributed by atoms with Crippen LogP contribution in [0.3, 0.4) is 0 Å². The summed E-state index contributed by atoms with van der Waals surface area (Å²) in [7, 11) is 0. The Morgan fingerprint density at radius 1 is 0.667 bits per heavy atom. The van der Waals surface area contributed by atoms with Crippen molar-refractivity contribution in [2.24, 2.45) is 35.5 Å². The lowest BCUT2D eigenvalue weighted by Gasteiger charge is -2.23. The minimum absolute atomic E-state index is 0.729. The SMILES string of the molecule is C1[C@H]2[C@@H]3C[C@@H]4O[C@@H]5C[C@H]3[C@H]1[C@H]5[C@@H]24. The highest BCUT2D eigenvalue weighted by Crippen LogP contribution is 2.74. The van der Waals surface area contributed by atoms with Gasteiger partial charge in [-0.05, 0) is 54.8 Å². The zero-order valence-electron chi connectivity index (χ0n) is 7.15. The van der Waals surface area contributed by atoms with Crippen molar-refractivity contribution in [3.05, 3.63) is 0 Å². The van der Waals surface area contributed by atoms with Crippen LogP contribution in [0.25, 0.3) is 0 Å². The largest absolute Gasteiger partial charge is 0.374 e. The fourth-order valence-electron chi connectivity index (χ4n) is 5.87.